The molecular weight excluding hydrogens is 484 g/mol. The van der Waals surface area contributed by atoms with Crippen molar-refractivity contribution in [2.24, 2.45) is 0 Å². The summed E-state index contributed by atoms with van der Waals surface area (Å²) in [6.07, 6.45) is 1.38. The highest BCUT2D eigenvalue weighted by Crippen LogP contribution is 2.23. The molecule has 8 heteroatoms. The van der Waals surface area contributed by atoms with Gasteiger partial charge in [0.1, 0.15) is 6.10 Å². The first-order valence-electron chi connectivity index (χ1n) is 12.2. The molecule has 0 aliphatic carbocycles. The Morgan fingerprint density at radius 2 is 1.68 bits per heavy atom. The summed E-state index contributed by atoms with van der Waals surface area (Å²) >= 11 is 1.48. The molecule has 188 valence electrons. The van der Waals surface area contributed by atoms with Crippen molar-refractivity contribution in [3.63, 3.8) is 0 Å². The fraction of sp³-hybridized carbons (Fsp3) is 0.207. The molecule has 1 atom stereocenters. The van der Waals surface area contributed by atoms with Crippen LogP contribution in [0.25, 0.3) is 0 Å². The van der Waals surface area contributed by atoms with Gasteiger partial charge in [-0.2, -0.15) is 0 Å². The van der Waals surface area contributed by atoms with Crippen molar-refractivity contribution in [2.75, 3.05) is 36.4 Å². The van der Waals surface area contributed by atoms with Crippen molar-refractivity contribution < 1.29 is 14.3 Å². The van der Waals surface area contributed by atoms with E-state index in [-0.39, 0.29) is 17.9 Å². The van der Waals surface area contributed by atoms with Gasteiger partial charge >= 0.3 is 0 Å². The maximum Gasteiger partial charge on any atom is 0.264 e. The largest absolute Gasteiger partial charge is 0.470 e. The number of hydrogen-bond donors (Lipinski definition) is 1. The minimum Gasteiger partial charge on any atom is -0.470 e. The van der Waals surface area contributed by atoms with Crippen molar-refractivity contribution in [2.45, 2.75) is 13.0 Å². The summed E-state index contributed by atoms with van der Waals surface area (Å²) < 4.78 is 5.89. The first kappa shape index (κ1) is 24.5. The van der Waals surface area contributed by atoms with Crippen LogP contribution in [0.2, 0.25) is 0 Å². The maximum atomic E-state index is 12.7. The average Bonchev–Trinajstić information content (AvgIpc) is 3.49. The molecule has 4 aromatic rings. The molecule has 3 heterocycles. The predicted octanol–water partition coefficient (Wildman–Crippen LogP) is 5.50. The smallest absolute Gasteiger partial charge is 0.264 e. The molecule has 0 bridgehead atoms. The van der Waals surface area contributed by atoms with E-state index in [1.165, 1.54) is 17.5 Å². The first-order valence-corrected chi connectivity index (χ1v) is 13.1. The lowest BCUT2D eigenvalue weighted by Crippen LogP contribution is -2.48. The molecule has 0 spiro atoms. The molecule has 1 saturated heterocycles. The zero-order chi connectivity index (χ0) is 25.6. The average molecular weight is 513 g/mol. The molecule has 7 nitrogen and oxygen atoms in total. The van der Waals surface area contributed by atoms with E-state index in [9.17, 15) is 9.59 Å². The van der Waals surface area contributed by atoms with E-state index in [0.717, 1.165) is 29.2 Å². The fourth-order valence-corrected chi connectivity index (χ4v) is 4.93. The Hall–Kier alpha value is -4.17. The van der Waals surface area contributed by atoms with Gasteiger partial charge in [0.05, 0.1) is 10.4 Å². The van der Waals surface area contributed by atoms with E-state index in [0.29, 0.717) is 30.2 Å². The number of piperazine rings is 1. The number of hydrogen-bond acceptors (Lipinski definition) is 6. The van der Waals surface area contributed by atoms with Gasteiger partial charge in [-0.15, -0.1) is 11.3 Å². The lowest BCUT2D eigenvalue weighted by molar-refractivity contribution is 0.0751. The normalized spacial score (nSPS) is 14.2. The summed E-state index contributed by atoms with van der Waals surface area (Å²) in [5.41, 5.74) is 3.29. The van der Waals surface area contributed by atoms with Crippen LogP contribution >= 0.6 is 11.3 Å². The summed E-state index contributed by atoms with van der Waals surface area (Å²) in [6, 6.07) is 24.9. The van der Waals surface area contributed by atoms with Crippen molar-refractivity contribution in [3.05, 3.63) is 106 Å². The van der Waals surface area contributed by atoms with E-state index < -0.39 is 0 Å². The van der Waals surface area contributed by atoms with Crippen LogP contribution in [-0.2, 0) is 0 Å². The zero-order valence-corrected chi connectivity index (χ0v) is 21.4. The molecular formula is C29H28N4O3S. The number of rotatable bonds is 7. The number of aromatic nitrogens is 1. The molecule has 0 radical (unpaired) electrons. The number of carbonyl (C=O) groups excluding carboxylic acids is 2. The molecule has 1 aliphatic heterocycles. The van der Waals surface area contributed by atoms with Gasteiger partial charge in [-0.05, 0) is 54.3 Å². The Balaban J connectivity index is 1.12. The number of amides is 2. The number of pyridine rings is 1. The molecule has 2 aromatic heterocycles. The monoisotopic (exact) mass is 512 g/mol. The minimum absolute atomic E-state index is 0.104. The number of ether oxygens (including phenoxy) is 1. The quantitative estimate of drug-likeness (QED) is 0.354. The van der Waals surface area contributed by atoms with Gasteiger partial charge in [0.2, 0.25) is 5.88 Å². The second-order valence-corrected chi connectivity index (χ2v) is 9.76. The Morgan fingerprint density at radius 1 is 0.919 bits per heavy atom. The standard InChI is InChI=1S/C29H28N4O3S/c1-21(22-6-3-2-4-7-22)36-27-14-9-23(20-30-27)28(34)31-24-10-12-25(13-11-24)32-15-17-33(18-16-32)29(35)26-8-5-19-37-26/h2-14,19-21H,15-18H2,1H3,(H,31,34). The highest BCUT2D eigenvalue weighted by molar-refractivity contribution is 7.12. The summed E-state index contributed by atoms with van der Waals surface area (Å²) in [6.45, 7) is 4.88. The highest BCUT2D eigenvalue weighted by atomic mass is 32.1. The van der Waals surface area contributed by atoms with E-state index in [2.05, 4.69) is 15.2 Å². The Bertz CT molecular complexity index is 1320. The molecule has 5 rings (SSSR count). The third kappa shape index (κ3) is 5.98. The van der Waals surface area contributed by atoms with Crippen molar-refractivity contribution in [3.8, 4) is 5.88 Å². The molecule has 37 heavy (non-hydrogen) atoms. The molecule has 1 fully saturated rings. The van der Waals surface area contributed by atoms with Crippen molar-refractivity contribution >= 4 is 34.5 Å². The lowest BCUT2D eigenvalue weighted by atomic mass is 10.1. The zero-order valence-electron chi connectivity index (χ0n) is 20.5. The number of carbonyl (C=O) groups is 2. The minimum atomic E-state index is -0.233. The molecule has 1 unspecified atom stereocenters. The van der Waals surface area contributed by atoms with Gasteiger partial charge < -0.3 is 19.9 Å². The van der Waals surface area contributed by atoms with Gasteiger partial charge in [0.25, 0.3) is 11.8 Å². The molecule has 2 aromatic carbocycles. The van der Waals surface area contributed by atoms with Crippen LogP contribution in [0.15, 0.2) is 90.4 Å². The molecule has 0 saturated carbocycles. The molecule has 1 N–H and O–H groups in total. The van der Waals surface area contributed by atoms with Crippen LogP contribution in [0, 0.1) is 0 Å². The van der Waals surface area contributed by atoms with E-state index in [1.54, 1.807) is 12.1 Å². The van der Waals surface area contributed by atoms with Crippen molar-refractivity contribution in [1.29, 1.82) is 0 Å². The first-order chi connectivity index (χ1) is 18.1. The summed E-state index contributed by atoms with van der Waals surface area (Å²) in [5.74, 6) is 0.338. The highest BCUT2D eigenvalue weighted by Gasteiger charge is 2.23. The number of anilines is 2. The summed E-state index contributed by atoms with van der Waals surface area (Å²) in [7, 11) is 0. The molecule has 2 amide bonds. The third-order valence-corrected chi connectivity index (χ3v) is 7.21. The van der Waals surface area contributed by atoms with E-state index >= 15 is 0 Å². The fourth-order valence-electron chi connectivity index (χ4n) is 4.24. The number of thiophene rings is 1. The topological polar surface area (TPSA) is 74.8 Å². The van der Waals surface area contributed by atoms with Crippen LogP contribution in [0.1, 0.15) is 38.6 Å². The van der Waals surface area contributed by atoms with Gasteiger partial charge in [0, 0.05) is 49.8 Å². The Morgan fingerprint density at radius 3 is 2.32 bits per heavy atom. The van der Waals surface area contributed by atoms with Crippen LogP contribution in [0.3, 0.4) is 0 Å². The summed E-state index contributed by atoms with van der Waals surface area (Å²) in [5, 5.41) is 4.85. The lowest BCUT2D eigenvalue weighted by Gasteiger charge is -2.36. The van der Waals surface area contributed by atoms with E-state index in [1.807, 2.05) is 83.9 Å². The van der Waals surface area contributed by atoms with Gasteiger partial charge in [-0.1, -0.05) is 36.4 Å². The number of benzene rings is 2. The van der Waals surface area contributed by atoms with Crippen molar-refractivity contribution in [1.82, 2.24) is 9.88 Å². The van der Waals surface area contributed by atoms with Gasteiger partial charge in [-0.3, -0.25) is 9.59 Å². The van der Waals surface area contributed by atoms with Gasteiger partial charge in [-0.25, -0.2) is 4.98 Å². The predicted molar refractivity (Wildman–Crippen MR) is 147 cm³/mol. The molecule has 1 aliphatic rings. The number of nitrogens with zero attached hydrogens (tertiary/aromatic N) is 3. The van der Waals surface area contributed by atoms with E-state index in [4.69, 9.17) is 4.74 Å². The third-order valence-electron chi connectivity index (χ3n) is 6.35. The Labute approximate surface area is 220 Å². The summed E-state index contributed by atoms with van der Waals surface area (Å²) in [4.78, 5) is 34.5. The number of nitrogens with one attached hydrogen (secondary N) is 1. The van der Waals surface area contributed by atoms with Crippen LogP contribution in [0.5, 0.6) is 5.88 Å². The SMILES string of the molecule is CC(Oc1ccc(C(=O)Nc2ccc(N3CCN(C(=O)c4cccs4)CC3)cc2)cn1)c1ccccc1. The van der Waals surface area contributed by atoms with Crippen LogP contribution < -0.4 is 15.0 Å². The van der Waals surface area contributed by atoms with Crippen LogP contribution in [0.4, 0.5) is 11.4 Å². The second kappa shape index (κ2) is 11.3. The maximum absolute atomic E-state index is 12.7. The van der Waals surface area contributed by atoms with Gasteiger partial charge in [0.15, 0.2) is 0 Å². The second-order valence-electron chi connectivity index (χ2n) is 8.81. The Kier molecular flexibility index (Phi) is 7.46. The van der Waals surface area contributed by atoms with Crippen LogP contribution in [-0.4, -0.2) is 47.9 Å².